The number of nitrogens with two attached hydrogens (primary N) is 1. The van der Waals surface area contributed by atoms with Crippen molar-refractivity contribution in [1.82, 2.24) is 4.98 Å². The lowest BCUT2D eigenvalue weighted by Gasteiger charge is -2.06. The predicted octanol–water partition coefficient (Wildman–Crippen LogP) is 1.94. The van der Waals surface area contributed by atoms with Crippen LogP contribution in [0.25, 0.3) is 0 Å². The van der Waals surface area contributed by atoms with Gasteiger partial charge in [0, 0.05) is 0 Å². The first-order valence-corrected chi connectivity index (χ1v) is 5.43. The molecule has 0 saturated heterocycles. The smallest absolute Gasteiger partial charge is 0.278 e. The van der Waals surface area contributed by atoms with Crippen LogP contribution in [0.3, 0.4) is 0 Å². The molecule has 1 heterocycles. The van der Waals surface area contributed by atoms with Crippen molar-refractivity contribution in [2.45, 2.75) is 0 Å². The standard InChI is InChI=1S/C12H9N5O3/c13-7-8-1-3-10(4-2-8)20-12-6-9(17(18)19)5-11(15-12)16-14/h1-6H,14H2,(H,15,16). The Kier molecular flexibility index (Phi) is 3.74. The summed E-state index contributed by atoms with van der Waals surface area (Å²) in [6.45, 7) is 0. The van der Waals surface area contributed by atoms with Gasteiger partial charge in [-0.2, -0.15) is 10.2 Å². The van der Waals surface area contributed by atoms with Crippen LogP contribution >= 0.6 is 0 Å². The van der Waals surface area contributed by atoms with Crippen molar-refractivity contribution in [2.75, 3.05) is 5.43 Å². The number of nitriles is 1. The molecule has 1 aromatic carbocycles. The van der Waals surface area contributed by atoms with Crippen LogP contribution in [0.4, 0.5) is 11.5 Å². The molecule has 0 aliphatic carbocycles. The van der Waals surface area contributed by atoms with E-state index in [9.17, 15) is 10.1 Å². The molecule has 8 nitrogen and oxygen atoms in total. The molecule has 20 heavy (non-hydrogen) atoms. The fraction of sp³-hybridized carbons (Fsp3) is 0. The van der Waals surface area contributed by atoms with E-state index in [1.807, 2.05) is 6.07 Å². The average molecular weight is 271 g/mol. The van der Waals surface area contributed by atoms with Gasteiger partial charge >= 0.3 is 0 Å². The number of aromatic nitrogens is 1. The van der Waals surface area contributed by atoms with Gasteiger partial charge in [-0.25, -0.2) is 5.84 Å². The number of ether oxygens (including phenoxy) is 1. The molecule has 2 rings (SSSR count). The molecule has 8 heteroatoms. The second kappa shape index (κ2) is 5.64. The zero-order chi connectivity index (χ0) is 14.5. The fourth-order valence-corrected chi connectivity index (χ4v) is 1.44. The Morgan fingerprint density at radius 2 is 2.05 bits per heavy atom. The first-order valence-electron chi connectivity index (χ1n) is 5.43. The van der Waals surface area contributed by atoms with Gasteiger partial charge in [-0.15, -0.1) is 0 Å². The van der Waals surface area contributed by atoms with E-state index in [0.717, 1.165) is 0 Å². The topological polar surface area (TPSA) is 127 Å². The fourth-order valence-electron chi connectivity index (χ4n) is 1.44. The van der Waals surface area contributed by atoms with Crippen LogP contribution in [0, 0.1) is 21.4 Å². The van der Waals surface area contributed by atoms with E-state index >= 15 is 0 Å². The molecule has 3 N–H and O–H groups in total. The van der Waals surface area contributed by atoms with Gasteiger partial charge in [-0.05, 0) is 24.3 Å². The molecule has 0 unspecified atom stereocenters. The Morgan fingerprint density at radius 3 is 2.60 bits per heavy atom. The third kappa shape index (κ3) is 2.98. The quantitative estimate of drug-likeness (QED) is 0.494. The summed E-state index contributed by atoms with van der Waals surface area (Å²) in [4.78, 5) is 14.1. The SMILES string of the molecule is N#Cc1ccc(Oc2cc([N+](=O)[O-])cc(NN)n2)cc1. The maximum Gasteiger partial charge on any atom is 0.278 e. The Bertz CT molecular complexity index is 678. The molecule has 0 aliphatic heterocycles. The Morgan fingerprint density at radius 1 is 1.35 bits per heavy atom. The number of nitrogens with one attached hydrogen (secondary N) is 1. The number of pyridine rings is 1. The second-order valence-electron chi connectivity index (χ2n) is 3.69. The molecule has 100 valence electrons. The van der Waals surface area contributed by atoms with E-state index < -0.39 is 4.92 Å². The van der Waals surface area contributed by atoms with Crippen LogP contribution < -0.4 is 16.0 Å². The number of nitrogens with zero attached hydrogens (tertiary/aromatic N) is 3. The number of nitrogen functional groups attached to an aromatic ring is 1. The second-order valence-corrected chi connectivity index (χ2v) is 3.69. The molecule has 0 saturated carbocycles. The normalized spacial score (nSPS) is 9.60. The summed E-state index contributed by atoms with van der Waals surface area (Å²) in [5.74, 6) is 5.73. The van der Waals surface area contributed by atoms with Gasteiger partial charge in [-0.1, -0.05) is 0 Å². The average Bonchev–Trinajstić information content (AvgIpc) is 2.47. The van der Waals surface area contributed by atoms with Crippen LogP contribution in [0.15, 0.2) is 36.4 Å². The van der Waals surface area contributed by atoms with Crippen LogP contribution in [0.2, 0.25) is 0 Å². The van der Waals surface area contributed by atoms with Crippen LogP contribution in [0.5, 0.6) is 11.6 Å². The molecule has 0 atom stereocenters. The van der Waals surface area contributed by atoms with Gasteiger partial charge in [-0.3, -0.25) is 10.1 Å². The molecule has 0 fully saturated rings. The van der Waals surface area contributed by atoms with Crippen molar-refractivity contribution in [1.29, 1.82) is 5.26 Å². The summed E-state index contributed by atoms with van der Waals surface area (Å²) in [7, 11) is 0. The summed E-state index contributed by atoms with van der Waals surface area (Å²) in [5, 5.41) is 19.5. The number of anilines is 1. The number of nitro groups is 1. The Balaban J connectivity index is 2.30. The van der Waals surface area contributed by atoms with Gasteiger partial charge in [0.05, 0.1) is 28.7 Å². The Labute approximate surface area is 113 Å². The van der Waals surface area contributed by atoms with Gasteiger partial charge in [0.15, 0.2) is 5.82 Å². The largest absolute Gasteiger partial charge is 0.439 e. The predicted molar refractivity (Wildman–Crippen MR) is 69.9 cm³/mol. The summed E-state index contributed by atoms with van der Waals surface area (Å²) in [6, 6.07) is 10.6. The summed E-state index contributed by atoms with van der Waals surface area (Å²) < 4.78 is 5.39. The van der Waals surface area contributed by atoms with E-state index in [-0.39, 0.29) is 17.4 Å². The van der Waals surface area contributed by atoms with Crippen molar-refractivity contribution >= 4 is 11.5 Å². The van der Waals surface area contributed by atoms with Crippen LogP contribution in [-0.4, -0.2) is 9.91 Å². The molecule has 0 amide bonds. The molecular weight excluding hydrogens is 262 g/mol. The maximum absolute atomic E-state index is 10.8. The molecule has 0 radical (unpaired) electrons. The highest BCUT2D eigenvalue weighted by atomic mass is 16.6. The number of hydrogen-bond acceptors (Lipinski definition) is 7. The lowest BCUT2D eigenvalue weighted by Crippen LogP contribution is -2.09. The van der Waals surface area contributed by atoms with E-state index in [2.05, 4.69) is 10.4 Å². The third-order valence-electron chi connectivity index (χ3n) is 2.35. The van der Waals surface area contributed by atoms with Crippen molar-refractivity contribution in [3.05, 3.63) is 52.1 Å². The monoisotopic (exact) mass is 271 g/mol. The maximum atomic E-state index is 10.8. The molecule has 0 spiro atoms. The van der Waals surface area contributed by atoms with Crippen molar-refractivity contribution < 1.29 is 9.66 Å². The minimum Gasteiger partial charge on any atom is -0.439 e. The van der Waals surface area contributed by atoms with Crippen molar-refractivity contribution in [2.24, 2.45) is 5.84 Å². The number of hydrazine groups is 1. The van der Waals surface area contributed by atoms with Crippen molar-refractivity contribution in [3.63, 3.8) is 0 Å². The highest BCUT2D eigenvalue weighted by molar-refractivity contribution is 5.48. The first-order chi connectivity index (χ1) is 9.62. The van der Waals surface area contributed by atoms with E-state index in [4.69, 9.17) is 15.8 Å². The molecule has 1 aromatic heterocycles. The van der Waals surface area contributed by atoms with E-state index in [0.29, 0.717) is 11.3 Å². The number of hydrogen-bond donors (Lipinski definition) is 2. The van der Waals surface area contributed by atoms with Gasteiger partial charge in [0.1, 0.15) is 5.75 Å². The lowest BCUT2D eigenvalue weighted by molar-refractivity contribution is -0.384. The minimum absolute atomic E-state index is 0.0249. The van der Waals surface area contributed by atoms with E-state index in [1.165, 1.54) is 12.1 Å². The molecule has 2 aromatic rings. The van der Waals surface area contributed by atoms with Gasteiger partial charge in [0.25, 0.3) is 5.69 Å². The van der Waals surface area contributed by atoms with Crippen LogP contribution in [-0.2, 0) is 0 Å². The van der Waals surface area contributed by atoms with Crippen molar-refractivity contribution in [3.8, 4) is 17.7 Å². The summed E-state index contributed by atoms with van der Waals surface area (Å²) >= 11 is 0. The highest BCUT2D eigenvalue weighted by Crippen LogP contribution is 2.26. The third-order valence-corrected chi connectivity index (χ3v) is 2.35. The number of benzene rings is 1. The summed E-state index contributed by atoms with van der Waals surface area (Å²) in [6.07, 6.45) is 0. The minimum atomic E-state index is -0.575. The zero-order valence-corrected chi connectivity index (χ0v) is 10.1. The van der Waals surface area contributed by atoms with Gasteiger partial charge < -0.3 is 10.2 Å². The van der Waals surface area contributed by atoms with E-state index in [1.54, 1.807) is 24.3 Å². The van der Waals surface area contributed by atoms with Gasteiger partial charge in [0.2, 0.25) is 5.88 Å². The molecular formula is C12H9N5O3. The number of rotatable bonds is 4. The zero-order valence-electron chi connectivity index (χ0n) is 10.1. The lowest BCUT2D eigenvalue weighted by atomic mass is 10.2. The summed E-state index contributed by atoms with van der Waals surface area (Å²) in [5.41, 5.74) is 2.51. The first kappa shape index (κ1) is 13.3. The van der Waals surface area contributed by atoms with Crippen LogP contribution in [0.1, 0.15) is 5.56 Å². The Hall–Kier alpha value is -3.18. The highest BCUT2D eigenvalue weighted by Gasteiger charge is 2.12. The molecule has 0 bridgehead atoms. The molecule has 0 aliphatic rings.